The van der Waals surface area contributed by atoms with E-state index in [4.69, 9.17) is 11.6 Å². The standard InChI is InChI=1S/C18H30ClN/c1-2-3-4-5-6-7-8-9-13-20-16-18-12-10-11-17(14-18)15-19/h10-12,14,20H,2-9,13,15-16H2,1H3. The molecule has 20 heavy (non-hydrogen) atoms. The van der Waals surface area contributed by atoms with E-state index in [-0.39, 0.29) is 0 Å². The van der Waals surface area contributed by atoms with Crippen molar-refractivity contribution in [1.82, 2.24) is 5.32 Å². The van der Waals surface area contributed by atoms with Crippen LogP contribution in [0.25, 0.3) is 0 Å². The largest absolute Gasteiger partial charge is 0.313 e. The third-order valence-electron chi connectivity index (χ3n) is 3.68. The highest BCUT2D eigenvalue weighted by atomic mass is 35.5. The number of hydrogen-bond acceptors (Lipinski definition) is 1. The second-order valence-corrected chi connectivity index (χ2v) is 5.87. The van der Waals surface area contributed by atoms with Crippen molar-refractivity contribution in [2.75, 3.05) is 6.54 Å². The van der Waals surface area contributed by atoms with Crippen molar-refractivity contribution in [3.63, 3.8) is 0 Å². The Balaban J connectivity index is 1.94. The number of rotatable bonds is 12. The maximum Gasteiger partial charge on any atom is 0.0474 e. The Morgan fingerprint density at radius 3 is 2.25 bits per heavy atom. The first-order valence-electron chi connectivity index (χ1n) is 8.21. The van der Waals surface area contributed by atoms with Gasteiger partial charge in [0, 0.05) is 12.4 Å². The van der Waals surface area contributed by atoms with Gasteiger partial charge in [-0.15, -0.1) is 11.6 Å². The molecular formula is C18H30ClN. The first kappa shape index (κ1) is 17.5. The maximum absolute atomic E-state index is 5.84. The molecule has 114 valence electrons. The Kier molecular flexibility index (Phi) is 10.7. The third-order valence-corrected chi connectivity index (χ3v) is 3.99. The van der Waals surface area contributed by atoms with E-state index in [2.05, 4.69) is 36.5 Å². The highest BCUT2D eigenvalue weighted by Gasteiger charge is 1.95. The van der Waals surface area contributed by atoms with Crippen LogP contribution in [0.3, 0.4) is 0 Å². The molecule has 1 N–H and O–H groups in total. The second-order valence-electron chi connectivity index (χ2n) is 5.61. The summed E-state index contributed by atoms with van der Waals surface area (Å²) in [6, 6.07) is 8.52. The fourth-order valence-corrected chi connectivity index (χ4v) is 2.61. The summed E-state index contributed by atoms with van der Waals surface area (Å²) in [7, 11) is 0. The van der Waals surface area contributed by atoms with Gasteiger partial charge in [0.05, 0.1) is 0 Å². The molecule has 2 heteroatoms. The van der Waals surface area contributed by atoms with Crippen LogP contribution in [0.1, 0.15) is 69.4 Å². The number of nitrogens with one attached hydrogen (secondary N) is 1. The Bertz CT molecular complexity index is 338. The minimum absolute atomic E-state index is 0.603. The lowest BCUT2D eigenvalue weighted by molar-refractivity contribution is 0.555. The molecule has 0 spiro atoms. The molecule has 1 rings (SSSR count). The van der Waals surface area contributed by atoms with E-state index in [9.17, 15) is 0 Å². The summed E-state index contributed by atoms with van der Waals surface area (Å²) in [6.45, 7) is 4.36. The topological polar surface area (TPSA) is 12.0 Å². The van der Waals surface area contributed by atoms with Gasteiger partial charge in [-0.3, -0.25) is 0 Å². The molecule has 1 nitrogen and oxygen atoms in total. The Hall–Kier alpha value is -0.530. The smallest absolute Gasteiger partial charge is 0.0474 e. The van der Waals surface area contributed by atoms with Gasteiger partial charge in [0.15, 0.2) is 0 Å². The van der Waals surface area contributed by atoms with E-state index < -0.39 is 0 Å². The van der Waals surface area contributed by atoms with Crippen molar-refractivity contribution in [2.24, 2.45) is 0 Å². The molecule has 0 unspecified atom stereocenters. The van der Waals surface area contributed by atoms with Crippen LogP contribution < -0.4 is 5.32 Å². The molecular weight excluding hydrogens is 266 g/mol. The lowest BCUT2D eigenvalue weighted by atomic mass is 10.1. The van der Waals surface area contributed by atoms with Gasteiger partial charge < -0.3 is 5.32 Å². The fraction of sp³-hybridized carbons (Fsp3) is 0.667. The number of unbranched alkanes of at least 4 members (excludes halogenated alkanes) is 7. The lowest BCUT2D eigenvalue weighted by Gasteiger charge is -2.06. The molecule has 0 saturated heterocycles. The molecule has 0 radical (unpaired) electrons. The van der Waals surface area contributed by atoms with Gasteiger partial charge in [-0.25, -0.2) is 0 Å². The van der Waals surface area contributed by atoms with Crippen LogP contribution in [0.5, 0.6) is 0 Å². The van der Waals surface area contributed by atoms with Crippen LogP contribution in [-0.2, 0) is 12.4 Å². The molecule has 0 aromatic heterocycles. The van der Waals surface area contributed by atoms with Crippen LogP contribution >= 0.6 is 11.6 Å². The quantitative estimate of drug-likeness (QED) is 0.388. The van der Waals surface area contributed by atoms with E-state index in [0.717, 1.165) is 13.1 Å². The van der Waals surface area contributed by atoms with E-state index >= 15 is 0 Å². The zero-order valence-electron chi connectivity index (χ0n) is 13.0. The molecule has 0 heterocycles. The molecule has 0 aliphatic heterocycles. The van der Waals surface area contributed by atoms with Crippen molar-refractivity contribution < 1.29 is 0 Å². The van der Waals surface area contributed by atoms with Crippen molar-refractivity contribution in [2.45, 2.75) is 70.7 Å². The first-order chi connectivity index (χ1) is 9.86. The monoisotopic (exact) mass is 295 g/mol. The predicted molar refractivity (Wildman–Crippen MR) is 90.3 cm³/mol. The molecule has 0 bridgehead atoms. The summed E-state index contributed by atoms with van der Waals surface area (Å²) in [5.41, 5.74) is 2.54. The highest BCUT2D eigenvalue weighted by molar-refractivity contribution is 6.17. The molecule has 0 fully saturated rings. The first-order valence-corrected chi connectivity index (χ1v) is 8.74. The van der Waals surface area contributed by atoms with Gasteiger partial charge in [0.1, 0.15) is 0 Å². The van der Waals surface area contributed by atoms with Crippen molar-refractivity contribution in [3.8, 4) is 0 Å². The summed E-state index contributed by atoms with van der Waals surface area (Å²) in [5.74, 6) is 0.603. The van der Waals surface area contributed by atoms with Crippen LogP contribution in [0, 0.1) is 0 Å². The minimum atomic E-state index is 0.603. The molecule has 1 aromatic carbocycles. The fourth-order valence-electron chi connectivity index (χ4n) is 2.44. The van der Waals surface area contributed by atoms with Crippen LogP contribution in [-0.4, -0.2) is 6.54 Å². The van der Waals surface area contributed by atoms with E-state index in [1.807, 2.05) is 0 Å². The average Bonchev–Trinajstić information content (AvgIpc) is 2.49. The molecule has 0 saturated carbocycles. The number of benzene rings is 1. The molecule has 0 aliphatic carbocycles. The average molecular weight is 296 g/mol. The van der Waals surface area contributed by atoms with E-state index in [1.165, 1.54) is 62.5 Å². The molecule has 0 aliphatic rings. The number of halogens is 1. The van der Waals surface area contributed by atoms with Crippen molar-refractivity contribution in [3.05, 3.63) is 35.4 Å². The van der Waals surface area contributed by atoms with Gasteiger partial charge in [-0.2, -0.15) is 0 Å². The van der Waals surface area contributed by atoms with Gasteiger partial charge in [-0.1, -0.05) is 76.1 Å². The second kappa shape index (κ2) is 12.2. The molecule has 0 amide bonds. The van der Waals surface area contributed by atoms with Gasteiger partial charge in [0.25, 0.3) is 0 Å². The Morgan fingerprint density at radius 2 is 1.55 bits per heavy atom. The van der Waals surface area contributed by atoms with Crippen LogP contribution in [0.15, 0.2) is 24.3 Å². The number of hydrogen-bond donors (Lipinski definition) is 1. The lowest BCUT2D eigenvalue weighted by Crippen LogP contribution is -2.14. The molecule has 0 atom stereocenters. The van der Waals surface area contributed by atoms with E-state index in [1.54, 1.807) is 0 Å². The summed E-state index contributed by atoms with van der Waals surface area (Å²) >= 11 is 5.84. The van der Waals surface area contributed by atoms with Gasteiger partial charge in [0.2, 0.25) is 0 Å². The Morgan fingerprint density at radius 1 is 0.900 bits per heavy atom. The zero-order chi connectivity index (χ0) is 14.5. The summed E-state index contributed by atoms with van der Waals surface area (Å²) in [4.78, 5) is 0. The SMILES string of the molecule is CCCCCCCCCCNCc1cccc(CCl)c1. The van der Waals surface area contributed by atoms with Crippen LogP contribution in [0.4, 0.5) is 0 Å². The predicted octanol–water partition coefficient (Wildman–Crippen LogP) is 5.66. The minimum Gasteiger partial charge on any atom is -0.313 e. The summed E-state index contributed by atoms with van der Waals surface area (Å²) < 4.78 is 0. The summed E-state index contributed by atoms with van der Waals surface area (Å²) in [6.07, 6.45) is 11.1. The normalized spacial score (nSPS) is 10.9. The van der Waals surface area contributed by atoms with Crippen molar-refractivity contribution >= 4 is 11.6 Å². The molecule has 1 aromatic rings. The Labute approximate surface area is 130 Å². The summed E-state index contributed by atoms with van der Waals surface area (Å²) in [5, 5.41) is 3.52. The number of alkyl halides is 1. The third kappa shape index (κ3) is 8.60. The van der Waals surface area contributed by atoms with Gasteiger partial charge in [-0.05, 0) is 24.1 Å². The highest BCUT2D eigenvalue weighted by Crippen LogP contribution is 2.09. The van der Waals surface area contributed by atoms with Crippen LogP contribution in [0.2, 0.25) is 0 Å². The maximum atomic E-state index is 5.84. The van der Waals surface area contributed by atoms with E-state index in [0.29, 0.717) is 5.88 Å². The van der Waals surface area contributed by atoms with Crippen molar-refractivity contribution in [1.29, 1.82) is 0 Å². The zero-order valence-corrected chi connectivity index (χ0v) is 13.7. The van der Waals surface area contributed by atoms with Gasteiger partial charge >= 0.3 is 0 Å².